The minimum atomic E-state index is -0.508. The van der Waals surface area contributed by atoms with Crippen LogP contribution in [0.15, 0.2) is 152 Å². The molecule has 0 bridgehead atoms. The summed E-state index contributed by atoms with van der Waals surface area (Å²) >= 11 is 6.75. The maximum atomic E-state index is 6.75. The fourth-order valence-corrected chi connectivity index (χ4v) is 6.40. The van der Waals surface area contributed by atoms with Crippen LogP contribution in [-0.4, -0.2) is 0 Å². The van der Waals surface area contributed by atoms with Crippen molar-refractivity contribution in [1.82, 2.24) is 0 Å². The SMILES string of the molecule is Clc1ccc2c(c1)C(c1ccccc1)(c1ccccc1)c1cc(-c3ccccc3)cc(-c3ccccc3)c1-2. The largest absolute Gasteiger partial charge is 0.0843 e. The summed E-state index contributed by atoms with van der Waals surface area (Å²) < 4.78 is 0. The van der Waals surface area contributed by atoms with Crippen molar-refractivity contribution in [2.24, 2.45) is 0 Å². The van der Waals surface area contributed by atoms with Gasteiger partial charge in [0.15, 0.2) is 0 Å². The molecule has 0 saturated carbocycles. The average Bonchev–Trinajstić information content (AvgIpc) is 3.28. The average molecular weight is 505 g/mol. The molecule has 1 aliphatic carbocycles. The number of hydrogen-bond acceptors (Lipinski definition) is 0. The van der Waals surface area contributed by atoms with E-state index < -0.39 is 5.41 Å². The van der Waals surface area contributed by atoms with E-state index >= 15 is 0 Å². The number of benzene rings is 6. The van der Waals surface area contributed by atoms with Gasteiger partial charge in [0, 0.05) is 5.02 Å². The lowest BCUT2D eigenvalue weighted by Crippen LogP contribution is -2.28. The maximum absolute atomic E-state index is 6.75. The van der Waals surface area contributed by atoms with Gasteiger partial charge in [0.1, 0.15) is 0 Å². The van der Waals surface area contributed by atoms with E-state index in [9.17, 15) is 0 Å². The second-order valence-electron chi connectivity index (χ2n) is 9.85. The third-order valence-electron chi connectivity index (χ3n) is 7.80. The van der Waals surface area contributed by atoms with Gasteiger partial charge >= 0.3 is 0 Å². The molecule has 0 radical (unpaired) electrons. The molecule has 0 atom stereocenters. The van der Waals surface area contributed by atoms with Crippen molar-refractivity contribution < 1.29 is 0 Å². The van der Waals surface area contributed by atoms with Crippen LogP contribution in [0.3, 0.4) is 0 Å². The normalized spacial score (nSPS) is 13.1. The van der Waals surface area contributed by atoms with E-state index in [-0.39, 0.29) is 0 Å². The summed E-state index contributed by atoms with van der Waals surface area (Å²) in [4.78, 5) is 0. The van der Waals surface area contributed by atoms with Crippen LogP contribution >= 0.6 is 11.6 Å². The molecule has 0 amide bonds. The zero-order valence-corrected chi connectivity index (χ0v) is 21.6. The van der Waals surface area contributed by atoms with Crippen molar-refractivity contribution in [2.45, 2.75) is 5.41 Å². The van der Waals surface area contributed by atoms with Gasteiger partial charge in [-0.3, -0.25) is 0 Å². The zero-order chi connectivity index (χ0) is 25.5. The van der Waals surface area contributed by atoms with Gasteiger partial charge in [0.25, 0.3) is 0 Å². The minimum Gasteiger partial charge on any atom is -0.0843 e. The molecular formula is C37H25Cl. The van der Waals surface area contributed by atoms with E-state index in [1.165, 1.54) is 55.6 Å². The van der Waals surface area contributed by atoms with Crippen molar-refractivity contribution in [3.8, 4) is 33.4 Å². The van der Waals surface area contributed by atoms with Crippen LogP contribution in [0, 0.1) is 0 Å². The van der Waals surface area contributed by atoms with Gasteiger partial charge in [-0.1, -0.05) is 139 Å². The Morgan fingerprint density at radius 3 is 1.50 bits per heavy atom. The lowest BCUT2D eigenvalue weighted by molar-refractivity contribution is 0.769. The molecular weight excluding hydrogens is 480 g/mol. The first kappa shape index (κ1) is 22.8. The molecule has 6 aromatic rings. The summed E-state index contributed by atoms with van der Waals surface area (Å²) in [5.74, 6) is 0. The molecule has 7 rings (SSSR count). The van der Waals surface area contributed by atoms with Crippen LogP contribution < -0.4 is 0 Å². The van der Waals surface area contributed by atoms with Crippen molar-refractivity contribution >= 4 is 11.6 Å². The van der Waals surface area contributed by atoms with E-state index in [4.69, 9.17) is 11.6 Å². The lowest BCUT2D eigenvalue weighted by atomic mass is 9.67. The Morgan fingerprint density at radius 2 is 0.921 bits per heavy atom. The highest BCUT2D eigenvalue weighted by Crippen LogP contribution is 2.59. The van der Waals surface area contributed by atoms with E-state index in [1.807, 2.05) is 6.07 Å². The molecule has 0 saturated heterocycles. The van der Waals surface area contributed by atoms with Crippen molar-refractivity contribution in [1.29, 1.82) is 0 Å². The van der Waals surface area contributed by atoms with E-state index in [0.717, 1.165) is 5.02 Å². The van der Waals surface area contributed by atoms with Gasteiger partial charge in [0.2, 0.25) is 0 Å². The topological polar surface area (TPSA) is 0 Å². The van der Waals surface area contributed by atoms with E-state index in [1.54, 1.807) is 0 Å². The number of hydrogen-bond donors (Lipinski definition) is 0. The zero-order valence-electron chi connectivity index (χ0n) is 20.8. The van der Waals surface area contributed by atoms with Gasteiger partial charge < -0.3 is 0 Å². The molecule has 0 N–H and O–H groups in total. The van der Waals surface area contributed by atoms with Crippen LogP contribution in [0.2, 0.25) is 5.02 Å². The molecule has 6 aromatic carbocycles. The van der Waals surface area contributed by atoms with Gasteiger partial charge in [-0.15, -0.1) is 0 Å². The third kappa shape index (κ3) is 3.45. The predicted octanol–water partition coefficient (Wildman–Crippen LogP) is 10.0. The lowest BCUT2D eigenvalue weighted by Gasteiger charge is -2.34. The van der Waals surface area contributed by atoms with Gasteiger partial charge in [0.05, 0.1) is 5.41 Å². The summed E-state index contributed by atoms with van der Waals surface area (Å²) in [6.45, 7) is 0. The van der Waals surface area contributed by atoms with Gasteiger partial charge in [-0.25, -0.2) is 0 Å². The fraction of sp³-hybridized carbons (Fsp3) is 0.0270. The Morgan fingerprint density at radius 1 is 0.395 bits per heavy atom. The number of rotatable bonds is 4. The molecule has 1 aliphatic rings. The Labute approximate surface area is 228 Å². The highest BCUT2D eigenvalue weighted by Gasteiger charge is 2.47. The number of halogens is 1. The molecule has 38 heavy (non-hydrogen) atoms. The highest BCUT2D eigenvalue weighted by atomic mass is 35.5. The molecule has 0 aromatic heterocycles. The van der Waals surface area contributed by atoms with Crippen molar-refractivity contribution in [3.05, 3.63) is 179 Å². The quantitative estimate of drug-likeness (QED) is 0.223. The molecule has 0 heterocycles. The van der Waals surface area contributed by atoms with Gasteiger partial charge in [-0.2, -0.15) is 0 Å². The second-order valence-corrected chi connectivity index (χ2v) is 10.3. The molecule has 0 aliphatic heterocycles. The Hall–Kier alpha value is -4.39. The second kappa shape index (κ2) is 9.17. The Kier molecular flexibility index (Phi) is 5.50. The van der Waals surface area contributed by atoms with Crippen LogP contribution in [0.4, 0.5) is 0 Å². The summed E-state index contributed by atoms with van der Waals surface area (Å²) in [5.41, 5.74) is 11.8. The Bertz CT molecular complexity index is 1700. The summed E-state index contributed by atoms with van der Waals surface area (Å²) in [7, 11) is 0. The summed E-state index contributed by atoms with van der Waals surface area (Å²) in [5, 5.41) is 0.748. The number of fused-ring (bicyclic) bond motifs is 3. The van der Waals surface area contributed by atoms with Crippen LogP contribution in [-0.2, 0) is 5.41 Å². The predicted molar refractivity (Wildman–Crippen MR) is 160 cm³/mol. The monoisotopic (exact) mass is 504 g/mol. The highest BCUT2D eigenvalue weighted by molar-refractivity contribution is 6.30. The molecule has 1 heteroatoms. The molecule has 0 spiro atoms. The van der Waals surface area contributed by atoms with Crippen molar-refractivity contribution in [3.63, 3.8) is 0 Å². The van der Waals surface area contributed by atoms with Crippen LogP contribution in [0.5, 0.6) is 0 Å². The van der Waals surface area contributed by atoms with E-state index in [0.29, 0.717) is 0 Å². The van der Waals surface area contributed by atoms with Crippen LogP contribution in [0.1, 0.15) is 22.3 Å². The van der Waals surface area contributed by atoms with Gasteiger partial charge in [-0.05, 0) is 79.9 Å². The van der Waals surface area contributed by atoms with Crippen molar-refractivity contribution in [2.75, 3.05) is 0 Å². The smallest absolute Gasteiger partial charge is 0.0714 e. The first-order chi connectivity index (χ1) is 18.8. The molecule has 180 valence electrons. The van der Waals surface area contributed by atoms with E-state index in [2.05, 4.69) is 146 Å². The minimum absolute atomic E-state index is 0.508. The molecule has 0 nitrogen and oxygen atoms in total. The molecule has 0 fully saturated rings. The first-order valence-electron chi connectivity index (χ1n) is 13.0. The van der Waals surface area contributed by atoms with Crippen LogP contribution in [0.25, 0.3) is 33.4 Å². The Balaban J connectivity index is 1.69. The third-order valence-corrected chi connectivity index (χ3v) is 8.04. The summed E-state index contributed by atoms with van der Waals surface area (Å²) in [6, 6.07) is 54.4. The summed E-state index contributed by atoms with van der Waals surface area (Å²) in [6.07, 6.45) is 0. The molecule has 0 unspecified atom stereocenters. The first-order valence-corrected chi connectivity index (χ1v) is 13.4. The maximum Gasteiger partial charge on any atom is 0.0714 e. The standard InChI is InChI=1S/C37H25Cl/c38-31-21-22-32-34(25-31)37(29-17-9-3-10-18-29,30-19-11-4-12-20-30)35-24-28(26-13-5-1-6-14-26)23-33(36(32)35)27-15-7-2-8-16-27/h1-25H. The fourth-order valence-electron chi connectivity index (χ4n) is 6.23.